The number of nitrogens with zero attached hydrogens (tertiary/aromatic N) is 3. The van der Waals surface area contributed by atoms with Gasteiger partial charge in [0.2, 0.25) is 0 Å². The number of aromatic nitrogens is 3. The van der Waals surface area contributed by atoms with Crippen LogP contribution in [0.1, 0.15) is 41.2 Å². The van der Waals surface area contributed by atoms with Gasteiger partial charge in [-0.2, -0.15) is 0 Å². The number of aromatic amines is 1. The van der Waals surface area contributed by atoms with Gasteiger partial charge in [-0.25, -0.2) is 15.0 Å². The lowest BCUT2D eigenvalue weighted by molar-refractivity contribution is 0.0938. The van der Waals surface area contributed by atoms with Crippen LogP contribution in [-0.4, -0.2) is 52.0 Å². The molecule has 1 saturated heterocycles. The molecule has 0 spiro atoms. The van der Waals surface area contributed by atoms with Crippen LogP contribution in [0.5, 0.6) is 0 Å². The van der Waals surface area contributed by atoms with Crippen LogP contribution in [0.3, 0.4) is 0 Å². The summed E-state index contributed by atoms with van der Waals surface area (Å²) in [5.41, 5.74) is 6.07. The molecular weight excluding hydrogens is 280 g/mol. The van der Waals surface area contributed by atoms with Crippen molar-refractivity contribution in [2.24, 2.45) is 0 Å². The molecule has 2 fully saturated rings. The fraction of sp³-hybridized carbons (Fsp3) is 0.533. The minimum Gasteiger partial charge on any atom is -0.348 e. The molecule has 7 nitrogen and oxygen atoms in total. The lowest BCUT2D eigenvalue weighted by atomic mass is 10.2. The highest BCUT2D eigenvalue weighted by molar-refractivity contribution is 6.04. The van der Waals surface area contributed by atoms with Gasteiger partial charge in [0.15, 0.2) is 5.65 Å². The summed E-state index contributed by atoms with van der Waals surface area (Å²) in [5.74, 6) is 0.457. The molecule has 2 aliphatic rings. The fourth-order valence-electron chi connectivity index (χ4n) is 3.00. The molecule has 7 heteroatoms. The quantitative estimate of drug-likeness (QED) is 0.776. The number of carbonyl (C=O) groups is 1. The zero-order chi connectivity index (χ0) is 15.1. The molecule has 1 saturated carbocycles. The second-order valence-electron chi connectivity index (χ2n) is 6.10. The Labute approximate surface area is 128 Å². The van der Waals surface area contributed by atoms with E-state index in [1.807, 2.05) is 13.2 Å². The smallest absolute Gasteiger partial charge is 0.255 e. The second-order valence-corrected chi connectivity index (χ2v) is 6.10. The van der Waals surface area contributed by atoms with E-state index >= 15 is 0 Å². The van der Waals surface area contributed by atoms with Crippen molar-refractivity contribution < 1.29 is 4.79 Å². The van der Waals surface area contributed by atoms with Crippen LogP contribution in [-0.2, 0) is 0 Å². The zero-order valence-electron chi connectivity index (χ0n) is 12.6. The Morgan fingerprint density at radius 3 is 3.00 bits per heavy atom. The van der Waals surface area contributed by atoms with Crippen molar-refractivity contribution in [3.05, 3.63) is 23.7 Å². The highest BCUT2D eigenvalue weighted by Crippen LogP contribution is 2.39. The molecular formula is C15H20N6O. The Hall–Kier alpha value is -1.99. The number of H-pyrrole nitrogens is 1. The van der Waals surface area contributed by atoms with E-state index in [-0.39, 0.29) is 11.9 Å². The first-order chi connectivity index (χ1) is 10.7. The summed E-state index contributed by atoms with van der Waals surface area (Å²) in [7, 11) is 1.90. The van der Waals surface area contributed by atoms with Gasteiger partial charge in [-0.05, 0) is 26.3 Å². The van der Waals surface area contributed by atoms with Gasteiger partial charge in [-0.3, -0.25) is 10.2 Å². The summed E-state index contributed by atoms with van der Waals surface area (Å²) in [6, 6.07) is 0.171. The van der Waals surface area contributed by atoms with Gasteiger partial charge in [-0.15, -0.1) is 0 Å². The molecule has 1 amide bonds. The van der Waals surface area contributed by atoms with E-state index in [1.54, 1.807) is 6.20 Å². The Morgan fingerprint density at radius 2 is 2.27 bits per heavy atom. The van der Waals surface area contributed by atoms with Crippen LogP contribution < -0.4 is 10.7 Å². The summed E-state index contributed by atoms with van der Waals surface area (Å²) in [5, 5.41) is 5.20. The molecule has 1 unspecified atom stereocenters. The summed E-state index contributed by atoms with van der Waals surface area (Å²) in [4.78, 5) is 24.6. The van der Waals surface area contributed by atoms with Gasteiger partial charge in [0, 0.05) is 31.2 Å². The van der Waals surface area contributed by atoms with Crippen LogP contribution >= 0.6 is 0 Å². The molecule has 2 aromatic rings. The van der Waals surface area contributed by atoms with E-state index in [0.29, 0.717) is 22.6 Å². The first-order valence-corrected chi connectivity index (χ1v) is 7.82. The molecule has 0 aromatic carbocycles. The van der Waals surface area contributed by atoms with Crippen LogP contribution in [0, 0.1) is 0 Å². The third-order valence-corrected chi connectivity index (χ3v) is 4.48. The summed E-state index contributed by atoms with van der Waals surface area (Å²) >= 11 is 0. The Bertz CT molecular complexity index is 707. The van der Waals surface area contributed by atoms with Crippen molar-refractivity contribution >= 4 is 17.1 Å². The highest BCUT2D eigenvalue weighted by Gasteiger charge is 2.27. The molecule has 1 aliphatic heterocycles. The minimum absolute atomic E-state index is 0.0727. The van der Waals surface area contributed by atoms with Gasteiger partial charge in [0.1, 0.15) is 5.52 Å². The molecule has 3 N–H and O–H groups in total. The number of amides is 1. The predicted molar refractivity (Wildman–Crippen MR) is 82.4 cm³/mol. The van der Waals surface area contributed by atoms with Gasteiger partial charge < -0.3 is 10.3 Å². The lowest BCUT2D eigenvalue weighted by Crippen LogP contribution is -2.39. The molecule has 1 aliphatic carbocycles. The maximum absolute atomic E-state index is 12.5. The van der Waals surface area contributed by atoms with Crippen LogP contribution in [0.25, 0.3) is 11.2 Å². The maximum Gasteiger partial charge on any atom is 0.255 e. The highest BCUT2D eigenvalue weighted by atomic mass is 16.1. The standard InChI is InChI=1S/C15H20N6O/c1-16-21-5-4-10(8-21)19-15(22)11-6-17-14-13(11)20-12(7-18-14)9-2-3-9/h6-7,9-10,16H,2-5,8H2,1H3,(H,17,18)(H,19,22). The number of hydrazine groups is 1. The fourth-order valence-corrected chi connectivity index (χ4v) is 3.00. The monoisotopic (exact) mass is 300 g/mol. The maximum atomic E-state index is 12.5. The van der Waals surface area contributed by atoms with Gasteiger partial charge >= 0.3 is 0 Å². The second kappa shape index (κ2) is 5.33. The Kier molecular flexibility index (Phi) is 3.31. The molecule has 0 radical (unpaired) electrons. The minimum atomic E-state index is -0.0727. The van der Waals surface area contributed by atoms with Gasteiger partial charge in [0.25, 0.3) is 5.91 Å². The third-order valence-electron chi connectivity index (χ3n) is 4.48. The zero-order valence-corrected chi connectivity index (χ0v) is 12.6. The van der Waals surface area contributed by atoms with Gasteiger partial charge in [0.05, 0.1) is 17.5 Å². The van der Waals surface area contributed by atoms with E-state index in [4.69, 9.17) is 0 Å². The Morgan fingerprint density at radius 1 is 1.41 bits per heavy atom. The van der Waals surface area contributed by atoms with Crippen molar-refractivity contribution in [2.45, 2.75) is 31.2 Å². The topological polar surface area (TPSA) is 85.9 Å². The van der Waals surface area contributed by atoms with Gasteiger partial charge in [-0.1, -0.05) is 0 Å². The predicted octanol–water partition coefficient (Wildman–Crippen LogP) is 0.774. The molecule has 4 rings (SSSR count). The number of carbonyl (C=O) groups excluding carboxylic acids is 1. The number of fused-ring (bicyclic) bond motifs is 1. The average molecular weight is 300 g/mol. The van der Waals surface area contributed by atoms with E-state index in [1.165, 1.54) is 12.8 Å². The molecule has 22 heavy (non-hydrogen) atoms. The lowest BCUT2D eigenvalue weighted by Gasteiger charge is -2.14. The Balaban J connectivity index is 1.55. The van der Waals surface area contributed by atoms with E-state index < -0.39 is 0 Å². The van der Waals surface area contributed by atoms with Crippen molar-refractivity contribution in [1.29, 1.82) is 0 Å². The number of nitrogens with one attached hydrogen (secondary N) is 3. The molecule has 1 atom stereocenters. The summed E-state index contributed by atoms with van der Waals surface area (Å²) in [6.07, 6.45) is 6.83. The van der Waals surface area contributed by atoms with Crippen molar-refractivity contribution in [1.82, 2.24) is 30.7 Å². The van der Waals surface area contributed by atoms with E-state index in [2.05, 4.69) is 30.7 Å². The third kappa shape index (κ3) is 2.46. The molecule has 3 heterocycles. The number of hydrogen-bond acceptors (Lipinski definition) is 5. The normalized spacial score (nSPS) is 22.3. The van der Waals surface area contributed by atoms with Crippen LogP contribution in [0.15, 0.2) is 12.4 Å². The first kappa shape index (κ1) is 13.7. The van der Waals surface area contributed by atoms with E-state index in [0.717, 1.165) is 25.2 Å². The average Bonchev–Trinajstić information content (AvgIpc) is 3.14. The van der Waals surface area contributed by atoms with Crippen LogP contribution in [0.4, 0.5) is 0 Å². The SMILES string of the molecule is CNN1CCC(NC(=O)c2c[nH]c3ncc(C4CC4)nc23)C1. The molecule has 0 bridgehead atoms. The van der Waals surface area contributed by atoms with Crippen molar-refractivity contribution in [3.8, 4) is 0 Å². The summed E-state index contributed by atoms with van der Waals surface area (Å²) in [6.45, 7) is 1.77. The summed E-state index contributed by atoms with van der Waals surface area (Å²) < 4.78 is 0. The number of hydrogen-bond donors (Lipinski definition) is 3. The largest absolute Gasteiger partial charge is 0.348 e. The van der Waals surface area contributed by atoms with E-state index in [9.17, 15) is 4.79 Å². The molecule has 116 valence electrons. The van der Waals surface area contributed by atoms with Crippen molar-refractivity contribution in [3.63, 3.8) is 0 Å². The number of rotatable bonds is 4. The first-order valence-electron chi connectivity index (χ1n) is 7.82. The van der Waals surface area contributed by atoms with Crippen LogP contribution in [0.2, 0.25) is 0 Å². The molecule has 2 aromatic heterocycles. The van der Waals surface area contributed by atoms with Crippen molar-refractivity contribution in [2.75, 3.05) is 20.1 Å².